The molecule has 2 rings (SSSR count). The molecule has 112 valence electrons. The Hall–Kier alpha value is -2.64. The summed E-state index contributed by atoms with van der Waals surface area (Å²) in [5.74, 6) is 1.23. The zero-order valence-corrected chi connectivity index (χ0v) is 11.9. The summed E-state index contributed by atoms with van der Waals surface area (Å²) in [5, 5.41) is 14.3. The summed E-state index contributed by atoms with van der Waals surface area (Å²) in [6.07, 6.45) is 2.90. The molecular weight excluding hydrogens is 274 g/mol. The summed E-state index contributed by atoms with van der Waals surface area (Å²) in [6, 6.07) is 3.60. The van der Waals surface area contributed by atoms with Gasteiger partial charge in [-0.25, -0.2) is 9.97 Å². The van der Waals surface area contributed by atoms with Gasteiger partial charge in [0.2, 0.25) is 11.6 Å². The van der Waals surface area contributed by atoms with E-state index in [9.17, 15) is 10.1 Å². The van der Waals surface area contributed by atoms with Crippen LogP contribution >= 0.6 is 0 Å². The Morgan fingerprint density at radius 2 is 2.24 bits per heavy atom. The first-order valence-corrected chi connectivity index (χ1v) is 6.67. The summed E-state index contributed by atoms with van der Waals surface area (Å²) >= 11 is 0. The van der Waals surface area contributed by atoms with Crippen molar-refractivity contribution in [2.24, 2.45) is 0 Å². The van der Waals surface area contributed by atoms with Gasteiger partial charge >= 0.3 is 5.69 Å². The molecule has 0 aliphatic carbocycles. The van der Waals surface area contributed by atoms with Gasteiger partial charge in [0.1, 0.15) is 12.1 Å². The summed E-state index contributed by atoms with van der Waals surface area (Å²) < 4.78 is 5.29. The molecule has 8 nitrogen and oxygen atoms in total. The maximum atomic E-state index is 11.4. The van der Waals surface area contributed by atoms with Crippen molar-refractivity contribution in [1.29, 1.82) is 0 Å². The third-order valence-corrected chi connectivity index (χ3v) is 2.94. The number of anilines is 2. The van der Waals surface area contributed by atoms with Gasteiger partial charge in [-0.1, -0.05) is 0 Å². The van der Waals surface area contributed by atoms with Gasteiger partial charge in [-0.3, -0.25) is 10.1 Å². The quantitative estimate of drug-likeness (QED) is 0.618. The second-order valence-electron chi connectivity index (χ2n) is 4.28. The molecule has 0 saturated heterocycles. The van der Waals surface area contributed by atoms with Crippen LogP contribution in [0.2, 0.25) is 0 Å². The molecule has 0 radical (unpaired) electrons. The molecule has 0 spiro atoms. The lowest BCUT2D eigenvalue weighted by Crippen LogP contribution is -2.24. The number of aromatic nitrogens is 2. The Balaban J connectivity index is 2.40. The van der Waals surface area contributed by atoms with Gasteiger partial charge in [0.25, 0.3) is 0 Å². The van der Waals surface area contributed by atoms with Gasteiger partial charge < -0.3 is 14.6 Å². The van der Waals surface area contributed by atoms with Crippen LogP contribution in [-0.4, -0.2) is 28.0 Å². The largest absolute Gasteiger partial charge is 0.467 e. The Bertz CT molecular complexity index is 600. The van der Waals surface area contributed by atoms with Crippen LogP contribution in [0.4, 0.5) is 17.3 Å². The van der Waals surface area contributed by atoms with E-state index in [0.717, 1.165) is 5.76 Å². The normalized spacial score (nSPS) is 10.4. The van der Waals surface area contributed by atoms with E-state index in [2.05, 4.69) is 15.3 Å². The molecule has 21 heavy (non-hydrogen) atoms. The van der Waals surface area contributed by atoms with Gasteiger partial charge in [0, 0.05) is 13.1 Å². The van der Waals surface area contributed by atoms with Crippen molar-refractivity contribution < 1.29 is 9.34 Å². The molecule has 0 aliphatic rings. The highest BCUT2D eigenvalue weighted by molar-refractivity contribution is 5.70. The van der Waals surface area contributed by atoms with Gasteiger partial charge in [0.15, 0.2) is 0 Å². The van der Waals surface area contributed by atoms with E-state index >= 15 is 0 Å². The molecule has 2 aromatic rings. The summed E-state index contributed by atoms with van der Waals surface area (Å²) in [4.78, 5) is 20.7. The molecular formula is C13H17N5O3. The average molecular weight is 291 g/mol. The number of rotatable bonds is 7. The van der Waals surface area contributed by atoms with Gasteiger partial charge in [-0.15, -0.1) is 0 Å². The summed E-state index contributed by atoms with van der Waals surface area (Å²) in [6.45, 7) is 5.27. The minimum atomic E-state index is -0.460. The van der Waals surface area contributed by atoms with Crippen LogP contribution in [-0.2, 0) is 6.54 Å². The lowest BCUT2D eigenvalue weighted by molar-refractivity contribution is -0.383. The van der Waals surface area contributed by atoms with E-state index in [0.29, 0.717) is 19.6 Å². The van der Waals surface area contributed by atoms with Crippen LogP contribution in [0, 0.1) is 10.1 Å². The second kappa shape index (κ2) is 6.69. The monoisotopic (exact) mass is 291 g/mol. The zero-order chi connectivity index (χ0) is 15.2. The molecule has 0 fully saturated rings. The maximum absolute atomic E-state index is 11.4. The van der Waals surface area contributed by atoms with E-state index in [4.69, 9.17) is 4.42 Å². The highest BCUT2D eigenvalue weighted by Gasteiger charge is 2.26. The highest BCUT2D eigenvalue weighted by Crippen LogP contribution is 2.32. The van der Waals surface area contributed by atoms with Crippen LogP contribution in [0.15, 0.2) is 29.1 Å². The van der Waals surface area contributed by atoms with Crippen molar-refractivity contribution >= 4 is 17.3 Å². The minimum absolute atomic E-state index is 0.118. The predicted molar refractivity (Wildman–Crippen MR) is 78.3 cm³/mol. The van der Waals surface area contributed by atoms with Crippen LogP contribution in [0.1, 0.15) is 19.6 Å². The van der Waals surface area contributed by atoms with Crippen LogP contribution in [0.3, 0.4) is 0 Å². The summed E-state index contributed by atoms with van der Waals surface area (Å²) in [7, 11) is 0. The number of hydrogen-bond donors (Lipinski definition) is 1. The number of nitrogens with one attached hydrogen (secondary N) is 1. The average Bonchev–Trinajstić information content (AvgIpc) is 2.97. The number of furan rings is 1. The third kappa shape index (κ3) is 3.28. The molecule has 0 saturated carbocycles. The molecule has 0 amide bonds. The van der Waals surface area contributed by atoms with Crippen molar-refractivity contribution in [2.45, 2.75) is 20.4 Å². The third-order valence-electron chi connectivity index (χ3n) is 2.94. The van der Waals surface area contributed by atoms with Crippen molar-refractivity contribution in [3.63, 3.8) is 0 Å². The number of hydrogen-bond acceptors (Lipinski definition) is 7. The molecule has 1 N–H and O–H groups in total. The topological polar surface area (TPSA) is 97.3 Å². The smallest absolute Gasteiger partial charge is 0.353 e. The van der Waals surface area contributed by atoms with Gasteiger partial charge in [0.05, 0.1) is 17.7 Å². The van der Waals surface area contributed by atoms with Crippen molar-refractivity contribution in [1.82, 2.24) is 9.97 Å². The Kier molecular flexibility index (Phi) is 4.70. The minimum Gasteiger partial charge on any atom is -0.467 e. The second-order valence-corrected chi connectivity index (χ2v) is 4.28. The van der Waals surface area contributed by atoms with Crippen LogP contribution in [0.25, 0.3) is 0 Å². The lowest BCUT2D eigenvalue weighted by Gasteiger charge is -2.20. The van der Waals surface area contributed by atoms with Crippen molar-refractivity contribution in [3.05, 3.63) is 40.6 Å². The molecule has 0 aliphatic heterocycles. The standard InChI is InChI=1S/C13H17N5O3/c1-3-14-12-11(18(19)20)13(16-9-15-12)17(4-2)8-10-6-5-7-21-10/h5-7,9H,3-4,8H2,1-2H3,(H,14,15,16). The predicted octanol–water partition coefficient (Wildman–Crippen LogP) is 2.44. The zero-order valence-electron chi connectivity index (χ0n) is 11.9. The van der Waals surface area contributed by atoms with Gasteiger partial charge in [-0.2, -0.15) is 0 Å². The molecule has 0 atom stereocenters. The lowest BCUT2D eigenvalue weighted by atomic mass is 10.3. The van der Waals surface area contributed by atoms with E-state index in [1.165, 1.54) is 6.33 Å². The van der Waals surface area contributed by atoms with E-state index in [1.807, 2.05) is 19.9 Å². The number of nitrogens with zero attached hydrogens (tertiary/aromatic N) is 4. The molecule has 2 heterocycles. The molecule has 0 unspecified atom stereocenters. The molecule has 0 aromatic carbocycles. The van der Waals surface area contributed by atoms with E-state index < -0.39 is 4.92 Å². The Morgan fingerprint density at radius 3 is 2.81 bits per heavy atom. The Labute approximate surface area is 122 Å². The first-order valence-electron chi connectivity index (χ1n) is 6.67. The van der Waals surface area contributed by atoms with E-state index in [1.54, 1.807) is 17.2 Å². The summed E-state index contributed by atoms with van der Waals surface area (Å²) in [5.41, 5.74) is -0.118. The molecule has 2 aromatic heterocycles. The fourth-order valence-electron chi connectivity index (χ4n) is 1.99. The Morgan fingerprint density at radius 1 is 1.43 bits per heavy atom. The van der Waals surface area contributed by atoms with Crippen molar-refractivity contribution in [2.75, 3.05) is 23.3 Å². The van der Waals surface area contributed by atoms with Crippen LogP contribution in [0.5, 0.6) is 0 Å². The molecule has 0 bridgehead atoms. The molecule has 8 heteroatoms. The fourth-order valence-corrected chi connectivity index (χ4v) is 1.99. The maximum Gasteiger partial charge on any atom is 0.353 e. The SMILES string of the molecule is CCNc1ncnc(N(CC)Cc2ccco2)c1[N+](=O)[O-]. The number of nitro groups is 1. The van der Waals surface area contributed by atoms with Crippen LogP contribution < -0.4 is 10.2 Å². The van der Waals surface area contributed by atoms with Gasteiger partial charge in [-0.05, 0) is 26.0 Å². The fraction of sp³-hybridized carbons (Fsp3) is 0.385. The first kappa shape index (κ1) is 14.8. The first-order chi connectivity index (χ1) is 10.2. The van der Waals surface area contributed by atoms with Crippen molar-refractivity contribution in [3.8, 4) is 0 Å². The highest BCUT2D eigenvalue weighted by atomic mass is 16.6. The van der Waals surface area contributed by atoms with E-state index in [-0.39, 0.29) is 17.3 Å².